The lowest BCUT2D eigenvalue weighted by molar-refractivity contribution is 0.0962. The third-order valence-electron chi connectivity index (χ3n) is 5.32. The summed E-state index contributed by atoms with van der Waals surface area (Å²) in [7, 11) is 0. The van der Waals surface area contributed by atoms with Crippen LogP contribution < -0.4 is 4.90 Å². The monoisotopic (exact) mass is 321 g/mol. The van der Waals surface area contributed by atoms with E-state index in [2.05, 4.69) is 41.1 Å². The molecule has 4 heteroatoms. The maximum atomic E-state index is 12.7. The molecule has 2 heterocycles. The smallest absolute Gasteiger partial charge is 0.225 e. The molecule has 0 radical (unpaired) electrons. The summed E-state index contributed by atoms with van der Waals surface area (Å²) >= 11 is 0. The zero-order valence-electron chi connectivity index (χ0n) is 14.4. The summed E-state index contributed by atoms with van der Waals surface area (Å²) in [6.45, 7) is 6.11. The van der Waals surface area contributed by atoms with Gasteiger partial charge in [0.2, 0.25) is 5.95 Å². The molecule has 2 aliphatic rings. The largest absolute Gasteiger partial charge is 0.341 e. The average Bonchev–Trinajstić information content (AvgIpc) is 3.09. The first-order chi connectivity index (χ1) is 11.6. The Morgan fingerprint density at radius 3 is 2.54 bits per heavy atom. The van der Waals surface area contributed by atoms with Crippen molar-refractivity contribution in [2.45, 2.75) is 45.4 Å². The molecule has 24 heavy (non-hydrogen) atoms. The standard InChI is InChI=1S/C20H23N3O/c1-13-7-3-4-8-16(13)15-11-17-19(18(24)12-15)14(2)21-20(22-17)23-9-5-6-10-23/h3-4,7-8,15H,5-6,9-12H2,1-2H3/t15-/m0/s1. The van der Waals surface area contributed by atoms with Crippen LogP contribution in [0.25, 0.3) is 0 Å². The van der Waals surface area contributed by atoms with Crippen molar-refractivity contribution in [3.8, 4) is 0 Å². The van der Waals surface area contributed by atoms with E-state index in [1.165, 1.54) is 24.0 Å². The Morgan fingerprint density at radius 2 is 1.79 bits per heavy atom. The minimum atomic E-state index is 0.190. The van der Waals surface area contributed by atoms with Crippen molar-refractivity contribution in [3.63, 3.8) is 0 Å². The van der Waals surface area contributed by atoms with Crippen molar-refractivity contribution >= 4 is 11.7 Å². The van der Waals surface area contributed by atoms with Crippen LogP contribution in [0.15, 0.2) is 24.3 Å². The molecular formula is C20H23N3O. The molecule has 1 fully saturated rings. The number of anilines is 1. The Morgan fingerprint density at radius 1 is 1.04 bits per heavy atom. The van der Waals surface area contributed by atoms with E-state index in [1.807, 2.05) is 6.92 Å². The van der Waals surface area contributed by atoms with Crippen LogP contribution in [0.3, 0.4) is 0 Å². The fourth-order valence-electron chi connectivity index (χ4n) is 4.08. The Labute approximate surface area is 142 Å². The molecule has 1 aliphatic heterocycles. The molecule has 1 saturated heterocycles. The van der Waals surface area contributed by atoms with Crippen LogP contribution in [-0.4, -0.2) is 28.8 Å². The number of benzene rings is 1. The number of Topliss-reactive ketones (excluding diaryl/α,β-unsaturated/α-hetero) is 1. The second-order valence-electron chi connectivity index (χ2n) is 7.01. The lowest BCUT2D eigenvalue weighted by atomic mass is 9.80. The molecule has 1 aliphatic carbocycles. The first-order valence-electron chi connectivity index (χ1n) is 8.84. The van der Waals surface area contributed by atoms with Gasteiger partial charge in [0.15, 0.2) is 5.78 Å². The minimum absolute atomic E-state index is 0.190. The van der Waals surface area contributed by atoms with E-state index >= 15 is 0 Å². The SMILES string of the molecule is Cc1ccccc1[C@@H]1CC(=O)c2c(C)nc(N3CCCC3)nc2C1. The highest BCUT2D eigenvalue weighted by Crippen LogP contribution is 2.35. The number of rotatable bonds is 2. The molecule has 0 N–H and O–H groups in total. The van der Waals surface area contributed by atoms with E-state index in [0.29, 0.717) is 6.42 Å². The van der Waals surface area contributed by atoms with Gasteiger partial charge in [0.25, 0.3) is 0 Å². The van der Waals surface area contributed by atoms with Gasteiger partial charge in [0.05, 0.1) is 17.0 Å². The summed E-state index contributed by atoms with van der Waals surface area (Å²) in [5.41, 5.74) is 5.08. The van der Waals surface area contributed by atoms with Crippen molar-refractivity contribution in [1.29, 1.82) is 0 Å². The lowest BCUT2D eigenvalue weighted by Crippen LogP contribution is -2.26. The summed E-state index contributed by atoms with van der Waals surface area (Å²) in [5, 5.41) is 0. The summed E-state index contributed by atoms with van der Waals surface area (Å²) in [6, 6.07) is 8.38. The minimum Gasteiger partial charge on any atom is -0.341 e. The van der Waals surface area contributed by atoms with Crippen molar-refractivity contribution < 1.29 is 4.79 Å². The molecule has 124 valence electrons. The van der Waals surface area contributed by atoms with Gasteiger partial charge in [-0.05, 0) is 50.2 Å². The fraction of sp³-hybridized carbons (Fsp3) is 0.450. The van der Waals surface area contributed by atoms with Gasteiger partial charge in [-0.1, -0.05) is 24.3 Å². The van der Waals surface area contributed by atoms with Gasteiger partial charge in [0, 0.05) is 19.5 Å². The number of nitrogens with zero attached hydrogens (tertiary/aromatic N) is 3. The van der Waals surface area contributed by atoms with Crippen LogP contribution in [0.1, 0.15) is 58.1 Å². The third kappa shape index (κ3) is 2.60. The van der Waals surface area contributed by atoms with Gasteiger partial charge in [-0.15, -0.1) is 0 Å². The lowest BCUT2D eigenvalue weighted by Gasteiger charge is -2.27. The first-order valence-corrected chi connectivity index (χ1v) is 8.84. The number of hydrogen-bond acceptors (Lipinski definition) is 4. The van der Waals surface area contributed by atoms with Crippen molar-refractivity contribution in [1.82, 2.24) is 9.97 Å². The van der Waals surface area contributed by atoms with Crippen LogP contribution in [-0.2, 0) is 6.42 Å². The quantitative estimate of drug-likeness (QED) is 0.848. The van der Waals surface area contributed by atoms with E-state index in [-0.39, 0.29) is 11.7 Å². The van der Waals surface area contributed by atoms with Crippen molar-refractivity contribution in [2.24, 2.45) is 0 Å². The zero-order chi connectivity index (χ0) is 16.7. The topological polar surface area (TPSA) is 46.1 Å². The number of hydrogen-bond donors (Lipinski definition) is 0. The van der Waals surface area contributed by atoms with E-state index in [9.17, 15) is 4.79 Å². The van der Waals surface area contributed by atoms with E-state index in [4.69, 9.17) is 4.98 Å². The van der Waals surface area contributed by atoms with Crippen LogP contribution in [0.2, 0.25) is 0 Å². The first kappa shape index (κ1) is 15.3. The van der Waals surface area contributed by atoms with Crippen LogP contribution >= 0.6 is 0 Å². The third-order valence-corrected chi connectivity index (χ3v) is 5.32. The maximum absolute atomic E-state index is 12.7. The average molecular weight is 321 g/mol. The molecular weight excluding hydrogens is 298 g/mol. The molecule has 1 aromatic heterocycles. The zero-order valence-corrected chi connectivity index (χ0v) is 14.4. The molecule has 2 aromatic rings. The Balaban J connectivity index is 1.73. The van der Waals surface area contributed by atoms with Gasteiger partial charge >= 0.3 is 0 Å². The number of ketones is 1. The molecule has 4 rings (SSSR count). The van der Waals surface area contributed by atoms with Gasteiger partial charge in [-0.25, -0.2) is 9.97 Å². The highest BCUT2D eigenvalue weighted by atomic mass is 16.1. The van der Waals surface area contributed by atoms with E-state index < -0.39 is 0 Å². The predicted molar refractivity (Wildman–Crippen MR) is 94.8 cm³/mol. The van der Waals surface area contributed by atoms with E-state index in [1.54, 1.807) is 0 Å². The Kier molecular flexibility index (Phi) is 3.83. The van der Waals surface area contributed by atoms with Crippen molar-refractivity contribution in [3.05, 3.63) is 52.3 Å². The molecule has 0 saturated carbocycles. The van der Waals surface area contributed by atoms with Gasteiger partial charge in [-0.3, -0.25) is 4.79 Å². The number of carbonyl (C=O) groups is 1. The van der Waals surface area contributed by atoms with E-state index in [0.717, 1.165) is 42.4 Å². The number of aromatic nitrogens is 2. The number of fused-ring (bicyclic) bond motifs is 1. The van der Waals surface area contributed by atoms with Crippen LogP contribution in [0.4, 0.5) is 5.95 Å². The second kappa shape index (κ2) is 6.00. The number of carbonyl (C=O) groups excluding carboxylic acids is 1. The summed E-state index contributed by atoms with van der Waals surface area (Å²) < 4.78 is 0. The Bertz CT molecular complexity index is 793. The summed E-state index contributed by atoms with van der Waals surface area (Å²) in [6.07, 6.45) is 3.79. The van der Waals surface area contributed by atoms with Gasteiger partial charge in [-0.2, -0.15) is 0 Å². The molecule has 1 aromatic carbocycles. The molecule has 1 atom stereocenters. The second-order valence-corrected chi connectivity index (χ2v) is 7.01. The molecule has 0 spiro atoms. The summed E-state index contributed by atoms with van der Waals surface area (Å²) in [4.78, 5) is 24.4. The molecule has 4 nitrogen and oxygen atoms in total. The van der Waals surface area contributed by atoms with Crippen LogP contribution in [0, 0.1) is 13.8 Å². The maximum Gasteiger partial charge on any atom is 0.225 e. The van der Waals surface area contributed by atoms with Gasteiger partial charge < -0.3 is 4.90 Å². The highest BCUT2D eigenvalue weighted by molar-refractivity contribution is 5.99. The molecule has 0 bridgehead atoms. The number of aryl methyl sites for hydroxylation is 2. The molecule has 0 unspecified atom stereocenters. The van der Waals surface area contributed by atoms with Crippen LogP contribution in [0.5, 0.6) is 0 Å². The normalized spacial score (nSPS) is 20.3. The highest BCUT2D eigenvalue weighted by Gasteiger charge is 2.31. The fourth-order valence-corrected chi connectivity index (χ4v) is 4.08. The summed E-state index contributed by atoms with van der Waals surface area (Å²) in [5.74, 6) is 1.23. The van der Waals surface area contributed by atoms with Crippen molar-refractivity contribution in [2.75, 3.05) is 18.0 Å². The predicted octanol–water partition coefficient (Wildman–Crippen LogP) is 3.61. The van der Waals surface area contributed by atoms with Gasteiger partial charge in [0.1, 0.15) is 0 Å². The molecule has 0 amide bonds. The Hall–Kier alpha value is -2.23.